The van der Waals surface area contributed by atoms with E-state index in [0.717, 1.165) is 12.0 Å². The molecule has 0 saturated heterocycles. The minimum Gasteiger partial charge on any atom is -0.493 e. The van der Waals surface area contributed by atoms with Gasteiger partial charge >= 0.3 is 5.97 Å². The monoisotopic (exact) mass is 385 g/mol. The second-order valence-electron chi connectivity index (χ2n) is 6.29. The summed E-state index contributed by atoms with van der Waals surface area (Å²) in [7, 11) is 1.55. The van der Waals surface area contributed by atoms with Crippen LogP contribution in [0.2, 0.25) is 0 Å². The third-order valence-electron chi connectivity index (χ3n) is 4.26. The van der Waals surface area contributed by atoms with Crippen LogP contribution in [0.5, 0.6) is 11.5 Å². The van der Waals surface area contributed by atoms with Crippen molar-refractivity contribution >= 4 is 11.9 Å². The average molecular weight is 385 g/mol. The first-order chi connectivity index (χ1) is 13.5. The number of hydrogen-bond acceptors (Lipinski definition) is 5. The third kappa shape index (κ3) is 6.61. The molecule has 1 N–H and O–H groups in total. The number of ether oxygens (including phenoxy) is 3. The lowest BCUT2D eigenvalue weighted by atomic mass is 10.1. The molecule has 0 saturated carbocycles. The Morgan fingerprint density at radius 2 is 1.71 bits per heavy atom. The van der Waals surface area contributed by atoms with Crippen molar-refractivity contribution in [2.24, 2.45) is 0 Å². The number of esters is 1. The summed E-state index contributed by atoms with van der Waals surface area (Å²) in [5.74, 6) is 0.311. The molecule has 0 fully saturated rings. The normalized spacial score (nSPS) is 11.4. The molecule has 2 aromatic rings. The zero-order valence-electron chi connectivity index (χ0n) is 16.6. The minimum atomic E-state index is -0.495. The van der Waals surface area contributed by atoms with Crippen molar-refractivity contribution in [1.82, 2.24) is 5.32 Å². The quantitative estimate of drug-likeness (QED) is 0.634. The first-order valence-corrected chi connectivity index (χ1v) is 9.33. The SMILES string of the molecule is CCc1ccc(C(C)NC(=O)COC(=O)CCOc2ccccc2OC)cc1. The number of hydrogen-bond donors (Lipinski definition) is 1. The summed E-state index contributed by atoms with van der Waals surface area (Å²) in [6.07, 6.45) is 1.01. The molecule has 0 spiro atoms. The standard InChI is InChI=1S/C22H27NO5/c1-4-17-9-11-18(12-10-17)16(2)23-21(24)15-28-22(25)13-14-27-20-8-6-5-7-19(20)26-3/h5-12,16H,4,13-15H2,1-3H3,(H,23,24). The Morgan fingerprint density at radius 3 is 2.36 bits per heavy atom. The fourth-order valence-electron chi connectivity index (χ4n) is 2.61. The molecule has 0 aliphatic rings. The van der Waals surface area contributed by atoms with Crippen LogP contribution in [-0.4, -0.2) is 32.2 Å². The van der Waals surface area contributed by atoms with Gasteiger partial charge in [0.2, 0.25) is 0 Å². The highest BCUT2D eigenvalue weighted by Gasteiger charge is 2.12. The molecule has 1 unspecified atom stereocenters. The van der Waals surface area contributed by atoms with Crippen molar-refractivity contribution in [3.05, 3.63) is 59.7 Å². The number of aryl methyl sites for hydroxylation is 1. The zero-order chi connectivity index (χ0) is 20.4. The van der Waals surface area contributed by atoms with Crippen LogP contribution in [0.25, 0.3) is 0 Å². The highest BCUT2D eigenvalue weighted by molar-refractivity contribution is 5.80. The first-order valence-electron chi connectivity index (χ1n) is 9.33. The van der Waals surface area contributed by atoms with Crippen LogP contribution < -0.4 is 14.8 Å². The summed E-state index contributed by atoms with van der Waals surface area (Å²) in [6.45, 7) is 3.81. The van der Waals surface area contributed by atoms with E-state index >= 15 is 0 Å². The van der Waals surface area contributed by atoms with Gasteiger partial charge in [0.1, 0.15) is 0 Å². The van der Waals surface area contributed by atoms with Crippen LogP contribution in [0.3, 0.4) is 0 Å². The van der Waals surface area contributed by atoms with Crippen molar-refractivity contribution in [2.75, 3.05) is 20.3 Å². The number of para-hydroxylation sites is 2. The fraction of sp³-hybridized carbons (Fsp3) is 0.364. The number of carbonyl (C=O) groups is 2. The van der Waals surface area contributed by atoms with Gasteiger partial charge < -0.3 is 19.5 Å². The Balaban J connectivity index is 1.69. The maximum atomic E-state index is 12.0. The molecule has 2 aromatic carbocycles. The van der Waals surface area contributed by atoms with E-state index in [1.54, 1.807) is 19.2 Å². The van der Waals surface area contributed by atoms with Gasteiger partial charge in [0.05, 0.1) is 26.2 Å². The summed E-state index contributed by atoms with van der Waals surface area (Å²) in [6, 6.07) is 15.1. The molecule has 1 amide bonds. The Labute approximate surface area is 165 Å². The Kier molecular flexibility index (Phi) is 8.34. The van der Waals surface area contributed by atoms with Crippen LogP contribution in [-0.2, 0) is 20.7 Å². The average Bonchev–Trinajstić information content (AvgIpc) is 2.72. The molecule has 0 bridgehead atoms. The van der Waals surface area contributed by atoms with E-state index in [1.165, 1.54) is 5.56 Å². The van der Waals surface area contributed by atoms with Crippen molar-refractivity contribution in [3.63, 3.8) is 0 Å². The van der Waals surface area contributed by atoms with E-state index in [1.807, 2.05) is 43.3 Å². The van der Waals surface area contributed by atoms with Crippen molar-refractivity contribution < 1.29 is 23.8 Å². The van der Waals surface area contributed by atoms with E-state index in [2.05, 4.69) is 12.2 Å². The Morgan fingerprint density at radius 1 is 1.04 bits per heavy atom. The maximum absolute atomic E-state index is 12.0. The molecule has 0 radical (unpaired) electrons. The highest BCUT2D eigenvalue weighted by atomic mass is 16.5. The van der Waals surface area contributed by atoms with E-state index < -0.39 is 5.97 Å². The largest absolute Gasteiger partial charge is 0.493 e. The topological polar surface area (TPSA) is 73.9 Å². The number of methoxy groups -OCH3 is 1. The third-order valence-corrected chi connectivity index (χ3v) is 4.26. The van der Waals surface area contributed by atoms with Crippen molar-refractivity contribution in [2.45, 2.75) is 32.7 Å². The van der Waals surface area contributed by atoms with Gasteiger partial charge in [-0.05, 0) is 36.6 Å². The van der Waals surface area contributed by atoms with Crippen LogP contribution >= 0.6 is 0 Å². The van der Waals surface area contributed by atoms with Crippen LogP contribution in [0.15, 0.2) is 48.5 Å². The van der Waals surface area contributed by atoms with E-state index in [4.69, 9.17) is 14.2 Å². The lowest BCUT2D eigenvalue weighted by Gasteiger charge is -2.15. The Hall–Kier alpha value is -3.02. The van der Waals surface area contributed by atoms with Gasteiger partial charge in [-0.25, -0.2) is 0 Å². The predicted octanol–water partition coefficient (Wildman–Crippen LogP) is 3.45. The molecule has 0 aliphatic heterocycles. The number of benzene rings is 2. The van der Waals surface area contributed by atoms with Crippen LogP contribution in [0, 0.1) is 0 Å². The van der Waals surface area contributed by atoms with Crippen LogP contribution in [0.1, 0.15) is 37.4 Å². The van der Waals surface area contributed by atoms with Crippen molar-refractivity contribution in [3.8, 4) is 11.5 Å². The molecule has 2 rings (SSSR count). The summed E-state index contributed by atoms with van der Waals surface area (Å²) in [4.78, 5) is 23.8. The fourth-order valence-corrected chi connectivity index (χ4v) is 2.61. The lowest BCUT2D eigenvalue weighted by molar-refractivity contribution is -0.149. The summed E-state index contributed by atoms with van der Waals surface area (Å²) >= 11 is 0. The van der Waals surface area contributed by atoms with Crippen LogP contribution in [0.4, 0.5) is 0 Å². The lowest BCUT2D eigenvalue weighted by Crippen LogP contribution is -2.31. The molecule has 28 heavy (non-hydrogen) atoms. The maximum Gasteiger partial charge on any atom is 0.309 e. The van der Waals surface area contributed by atoms with E-state index in [0.29, 0.717) is 11.5 Å². The molecule has 150 valence electrons. The van der Waals surface area contributed by atoms with Gasteiger partial charge in [-0.2, -0.15) is 0 Å². The van der Waals surface area contributed by atoms with Gasteiger partial charge in [-0.1, -0.05) is 43.3 Å². The van der Waals surface area contributed by atoms with Gasteiger partial charge in [-0.15, -0.1) is 0 Å². The zero-order valence-corrected chi connectivity index (χ0v) is 16.6. The summed E-state index contributed by atoms with van der Waals surface area (Å²) < 4.78 is 15.7. The molecule has 0 aromatic heterocycles. The molecule has 0 heterocycles. The molecule has 0 aliphatic carbocycles. The summed E-state index contributed by atoms with van der Waals surface area (Å²) in [5.41, 5.74) is 2.24. The number of rotatable bonds is 10. The Bertz CT molecular complexity index is 773. The molecule has 6 nitrogen and oxygen atoms in total. The number of amides is 1. The van der Waals surface area contributed by atoms with Gasteiger partial charge in [0.25, 0.3) is 5.91 Å². The van der Waals surface area contributed by atoms with Gasteiger partial charge in [0.15, 0.2) is 18.1 Å². The predicted molar refractivity (Wildman–Crippen MR) is 106 cm³/mol. The smallest absolute Gasteiger partial charge is 0.309 e. The van der Waals surface area contributed by atoms with Crippen molar-refractivity contribution in [1.29, 1.82) is 0 Å². The molecule has 1 atom stereocenters. The van der Waals surface area contributed by atoms with Gasteiger partial charge in [-0.3, -0.25) is 9.59 Å². The highest BCUT2D eigenvalue weighted by Crippen LogP contribution is 2.25. The second-order valence-corrected chi connectivity index (χ2v) is 6.29. The second kappa shape index (κ2) is 11.0. The number of nitrogens with one attached hydrogen (secondary N) is 1. The number of carbonyl (C=O) groups excluding carboxylic acids is 2. The van der Waals surface area contributed by atoms with Gasteiger partial charge in [0, 0.05) is 0 Å². The summed E-state index contributed by atoms with van der Waals surface area (Å²) in [5, 5.41) is 2.82. The minimum absolute atomic E-state index is 0.0410. The molecule has 6 heteroatoms. The van der Waals surface area contributed by atoms with E-state index in [9.17, 15) is 9.59 Å². The molecular weight excluding hydrogens is 358 g/mol. The van der Waals surface area contributed by atoms with E-state index in [-0.39, 0.29) is 31.6 Å². The molecular formula is C22H27NO5. The first kappa shape index (κ1) is 21.3.